The Labute approximate surface area is 82.3 Å². The summed E-state index contributed by atoms with van der Waals surface area (Å²) in [4.78, 5) is 0. The molecule has 2 nitrogen and oxygen atoms in total. The lowest BCUT2D eigenvalue weighted by Crippen LogP contribution is -1.94. The fraction of sp³-hybridized carbons (Fsp3) is 0.167. The quantitative estimate of drug-likeness (QED) is 0.596. The van der Waals surface area contributed by atoms with E-state index in [1.54, 1.807) is 0 Å². The first-order valence-electron chi connectivity index (χ1n) is 4.83. The van der Waals surface area contributed by atoms with E-state index in [0.717, 1.165) is 18.7 Å². The molecule has 0 unspecified atom stereocenters. The maximum absolute atomic E-state index is 4.25. The largest absolute Gasteiger partial charge is 0.188 e. The van der Waals surface area contributed by atoms with Crippen molar-refractivity contribution in [3.63, 3.8) is 0 Å². The van der Waals surface area contributed by atoms with Gasteiger partial charge >= 0.3 is 0 Å². The van der Waals surface area contributed by atoms with E-state index in [2.05, 4.69) is 40.6 Å². The van der Waals surface area contributed by atoms with Crippen LogP contribution in [-0.4, -0.2) is 6.54 Å². The van der Waals surface area contributed by atoms with E-state index in [1.165, 1.54) is 16.3 Å². The SMILES string of the molecule is c1ccc2c3c(ccc2c1)CCN=N3. The minimum absolute atomic E-state index is 0.825. The molecule has 0 atom stereocenters. The van der Waals surface area contributed by atoms with Crippen LogP contribution < -0.4 is 0 Å². The van der Waals surface area contributed by atoms with Crippen LogP contribution in [0.2, 0.25) is 0 Å². The maximum Gasteiger partial charge on any atom is 0.0963 e. The van der Waals surface area contributed by atoms with Crippen molar-refractivity contribution in [2.45, 2.75) is 6.42 Å². The minimum Gasteiger partial charge on any atom is -0.188 e. The van der Waals surface area contributed by atoms with Gasteiger partial charge in [0.15, 0.2) is 0 Å². The molecular formula is C12H10N2. The molecule has 68 valence electrons. The first-order chi connectivity index (χ1) is 6.95. The van der Waals surface area contributed by atoms with E-state index in [0.29, 0.717) is 0 Å². The maximum atomic E-state index is 4.25. The van der Waals surface area contributed by atoms with Gasteiger partial charge in [0.05, 0.1) is 12.2 Å². The lowest BCUT2D eigenvalue weighted by atomic mass is 10.0. The van der Waals surface area contributed by atoms with E-state index < -0.39 is 0 Å². The molecule has 0 aliphatic carbocycles. The first kappa shape index (κ1) is 7.68. The standard InChI is InChI=1S/C12H10N2/c1-2-4-11-9(3-1)5-6-10-7-8-13-14-12(10)11/h1-6H,7-8H2. The molecule has 0 aromatic heterocycles. The van der Waals surface area contributed by atoms with Crippen LogP contribution in [0.3, 0.4) is 0 Å². The third kappa shape index (κ3) is 1.04. The molecule has 1 heterocycles. The molecule has 0 spiro atoms. The van der Waals surface area contributed by atoms with Gasteiger partial charge in [0, 0.05) is 5.39 Å². The van der Waals surface area contributed by atoms with E-state index in [9.17, 15) is 0 Å². The van der Waals surface area contributed by atoms with Gasteiger partial charge in [0.25, 0.3) is 0 Å². The van der Waals surface area contributed by atoms with E-state index >= 15 is 0 Å². The summed E-state index contributed by atoms with van der Waals surface area (Å²) in [6.07, 6.45) is 1.02. The zero-order valence-electron chi connectivity index (χ0n) is 7.77. The average molecular weight is 182 g/mol. The van der Waals surface area contributed by atoms with Crippen molar-refractivity contribution >= 4 is 16.5 Å². The van der Waals surface area contributed by atoms with Crippen molar-refractivity contribution in [1.29, 1.82) is 0 Å². The Morgan fingerprint density at radius 1 is 1.00 bits per heavy atom. The number of hydrogen-bond acceptors (Lipinski definition) is 2. The molecule has 2 aromatic carbocycles. The molecule has 1 aliphatic heterocycles. The van der Waals surface area contributed by atoms with Gasteiger partial charge in [-0.1, -0.05) is 36.4 Å². The molecule has 0 saturated heterocycles. The average Bonchev–Trinajstić information content (AvgIpc) is 2.29. The molecular weight excluding hydrogens is 172 g/mol. The van der Waals surface area contributed by atoms with Gasteiger partial charge in [-0.25, -0.2) is 0 Å². The van der Waals surface area contributed by atoms with Crippen LogP contribution in [0.25, 0.3) is 10.8 Å². The first-order valence-corrected chi connectivity index (χ1v) is 4.83. The second-order valence-electron chi connectivity index (χ2n) is 3.51. The molecule has 3 rings (SSSR count). The molecule has 2 heteroatoms. The molecule has 0 saturated carbocycles. The van der Waals surface area contributed by atoms with Gasteiger partial charge in [0.2, 0.25) is 0 Å². The fourth-order valence-electron chi connectivity index (χ4n) is 1.91. The summed E-state index contributed by atoms with van der Waals surface area (Å²) in [5.74, 6) is 0. The number of hydrogen-bond donors (Lipinski definition) is 0. The van der Waals surface area contributed by atoms with E-state index in [4.69, 9.17) is 0 Å². The van der Waals surface area contributed by atoms with Gasteiger partial charge in [-0.3, -0.25) is 0 Å². The fourth-order valence-corrected chi connectivity index (χ4v) is 1.91. The molecule has 0 fully saturated rings. The van der Waals surface area contributed by atoms with Crippen LogP contribution >= 0.6 is 0 Å². The van der Waals surface area contributed by atoms with Crippen molar-refractivity contribution in [2.24, 2.45) is 10.2 Å². The number of azo groups is 1. The summed E-state index contributed by atoms with van der Waals surface area (Å²) in [5.41, 5.74) is 2.38. The summed E-state index contributed by atoms with van der Waals surface area (Å²) in [6, 6.07) is 12.6. The Morgan fingerprint density at radius 3 is 2.93 bits per heavy atom. The highest BCUT2D eigenvalue weighted by atomic mass is 15.1. The second-order valence-corrected chi connectivity index (χ2v) is 3.51. The monoisotopic (exact) mass is 182 g/mol. The van der Waals surface area contributed by atoms with Crippen LogP contribution in [0.15, 0.2) is 46.6 Å². The van der Waals surface area contributed by atoms with Crippen molar-refractivity contribution < 1.29 is 0 Å². The van der Waals surface area contributed by atoms with Crippen molar-refractivity contribution in [3.8, 4) is 0 Å². The zero-order valence-corrected chi connectivity index (χ0v) is 7.77. The van der Waals surface area contributed by atoms with Gasteiger partial charge < -0.3 is 0 Å². The van der Waals surface area contributed by atoms with Crippen molar-refractivity contribution in [2.75, 3.05) is 6.54 Å². The highest BCUT2D eigenvalue weighted by molar-refractivity contribution is 5.94. The van der Waals surface area contributed by atoms with Gasteiger partial charge in [0.1, 0.15) is 0 Å². The predicted molar refractivity (Wildman–Crippen MR) is 57.0 cm³/mol. The normalized spacial score (nSPS) is 14.3. The Bertz CT molecular complexity index is 515. The highest BCUT2D eigenvalue weighted by Crippen LogP contribution is 2.32. The van der Waals surface area contributed by atoms with Crippen LogP contribution in [0.4, 0.5) is 5.69 Å². The minimum atomic E-state index is 0.825. The molecule has 2 aromatic rings. The smallest absolute Gasteiger partial charge is 0.0963 e. The Balaban J connectivity index is 2.42. The molecule has 1 aliphatic rings. The molecule has 14 heavy (non-hydrogen) atoms. The molecule has 0 bridgehead atoms. The second kappa shape index (κ2) is 2.91. The van der Waals surface area contributed by atoms with Crippen LogP contribution in [0.1, 0.15) is 5.56 Å². The molecule has 0 radical (unpaired) electrons. The summed E-state index contributed by atoms with van der Waals surface area (Å²) in [6.45, 7) is 0.825. The number of nitrogens with zero attached hydrogens (tertiary/aromatic N) is 2. The van der Waals surface area contributed by atoms with Crippen molar-refractivity contribution in [3.05, 3.63) is 42.0 Å². The van der Waals surface area contributed by atoms with Crippen LogP contribution in [0.5, 0.6) is 0 Å². The van der Waals surface area contributed by atoms with Crippen molar-refractivity contribution in [1.82, 2.24) is 0 Å². The van der Waals surface area contributed by atoms with Gasteiger partial charge in [-0.2, -0.15) is 10.2 Å². The summed E-state index contributed by atoms with van der Waals surface area (Å²) in [7, 11) is 0. The van der Waals surface area contributed by atoms with Gasteiger partial charge in [-0.15, -0.1) is 0 Å². The van der Waals surface area contributed by atoms with E-state index in [-0.39, 0.29) is 0 Å². The predicted octanol–water partition coefficient (Wildman–Crippen LogP) is 3.48. The summed E-state index contributed by atoms with van der Waals surface area (Å²) < 4.78 is 0. The number of benzene rings is 2. The highest BCUT2D eigenvalue weighted by Gasteiger charge is 2.09. The van der Waals surface area contributed by atoms with Crippen LogP contribution in [-0.2, 0) is 6.42 Å². The third-order valence-corrected chi connectivity index (χ3v) is 2.64. The van der Waals surface area contributed by atoms with E-state index in [1.807, 2.05) is 6.07 Å². The lowest BCUT2D eigenvalue weighted by Gasteiger charge is -2.10. The summed E-state index contributed by atoms with van der Waals surface area (Å²) >= 11 is 0. The number of fused-ring (bicyclic) bond motifs is 3. The topological polar surface area (TPSA) is 24.7 Å². The van der Waals surface area contributed by atoms with Crippen LogP contribution in [0, 0.1) is 0 Å². The Kier molecular flexibility index (Phi) is 1.60. The zero-order chi connectivity index (χ0) is 9.38. The van der Waals surface area contributed by atoms with Gasteiger partial charge in [-0.05, 0) is 17.4 Å². The Hall–Kier alpha value is -1.70. The molecule has 0 N–H and O–H groups in total. The molecule has 0 amide bonds. The summed E-state index contributed by atoms with van der Waals surface area (Å²) in [5, 5.41) is 10.8. The third-order valence-electron chi connectivity index (χ3n) is 2.64. The number of rotatable bonds is 0. The lowest BCUT2D eigenvalue weighted by molar-refractivity contribution is 0.867. The Morgan fingerprint density at radius 2 is 1.93 bits per heavy atom.